The summed E-state index contributed by atoms with van der Waals surface area (Å²) in [4.78, 5) is 17.8. The van der Waals surface area contributed by atoms with Gasteiger partial charge in [-0.1, -0.05) is 5.92 Å². The Morgan fingerprint density at radius 1 is 1.17 bits per heavy atom. The van der Waals surface area contributed by atoms with Gasteiger partial charge in [-0.25, -0.2) is 9.18 Å². The Kier molecular flexibility index (Phi) is 5.75. The molecule has 0 radical (unpaired) electrons. The lowest BCUT2D eigenvalue weighted by Gasteiger charge is -2.31. The molecule has 6 nitrogen and oxygen atoms in total. The van der Waals surface area contributed by atoms with E-state index in [2.05, 4.69) is 21.1 Å². The highest BCUT2D eigenvalue weighted by molar-refractivity contribution is 5.82. The molecule has 0 spiro atoms. The Hall–Kier alpha value is -3.66. The standard InChI is InChI=1S/C23H21FN4O2/c1-2-15-30-23(29)28-13-9-18(10-14-28)22-20(16-7-11-25-12-8-16)21(26-27-22)17-3-5-19(24)6-4-17/h1,3-8,11-12,18H,9-10,13-15H2,(H,26,27). The molecule has 4 rings (SSSR count). The number of carbonyl (C=O) groups excluding carboxylic acids is 1. The van der Waals surface area contributed by atoms with Crippen molar-refractivity contribution in [3.63, 3.8) is 0 Å². The van der Waals surface area contributed by atoms with E-state index in [1.54, 1.807) is 29.4 Å². The first-order valence-corrected chi connectivity index (χ1v) is 9.77. The van der Waals surface area contributed by atoms with Gasteiger partial charge in [-0.05, 0) is 54.8 Å². The maximum absolute atomic E-state index is 13.4. The lowest BCUT2D eigenvalue weighted by Crippen LogP contribution is -2.38. The molecule has 0 aliphatic carbocycles. The van der Waals surface area contributed by atoms with Gasteiger partial charge in [0.1, 0.15) is 11.5 Å². The largest absolute Gasteiger partial charge is 0.436 e. The average Bonchev–Trinajstić information content (AvgIpc) is 3.24. The topological polar surface area (TPSA) is 71.1 Å². The second-order valence-electron chi connectivity index (χ2n) is 7.12. The summed E-state index contributed by atoms with van der Waals surface area (Å²) in [6, 6.07) is 10.2. The molecule has 1 aliphatic heterocycles. The molecule has 1 amide bonds. The molecule has 2 aromatic heterocycles. The Morgan fingerprint density at radius 3 is 2.53 bits per heavy atom. The van der Waals surface area contributed by atoms with Crippen LogP contribution in [0.25, 0.3) is 22.4 Å². The lowest BCUT2D eigenvalue weighted by molar-refractivity contribution is 0.103. The van der Waals surface area contributed by atoms with E-state index in [0.717, 1.165) is 40.9 Å². The van der Waals surface area contributed by atoms with Crippen LogP contribution in [0.1, 0.15) is 24.5 Å². The van der Waals surface area contributed by atoms with Gasteiger partial charge in [0.05, 0.1) is 0 Å². The first-order chi connectivity index (χ1) is 14.7. The zero-order valence-corrected chi connectivity index (χ0v) is 16.3. The van der Waals surface area contributed by atoms with E-state index < -0.39 is 0 Å². The maximum atomic E-state index is 13.4. The van der Waals surface area contributed by atoms with Crippen LogP contribution in [0.4, 0.5) is 9.18 Å². The third-order valence-electron chi connectivity index (χ3n) is 5.32. The van der Waals surface area contributed by atoms with Crippen molar-refractivity contribution in [2.75, 3.05) is 19.7 Å². The zero-order chi connectivity index (χ0) is 20.9. The van der Waals surface area contributed by atoms with Gasteiger partial charge in [0.25, 0.3) is 0 Å². The number of hydrogen-bond donors (Lipinski definition) is 1. The predicted molar refractivity (Wildman–Crippen MR) is 111 cm³/mol. The highest BCUT2D eigenvalue weighted by atomic mass is 19.1. The van der Waals surface area contributed by atoms with Crippen LogP contribution in [0.5, 0.6) is 0 Å². The van der Waals surface area contributed by atoms with Crippen LogP contribution < -0.4 is 0 Å². The Labute approximate surface area is 174 Å². The Morgan fingerprint density at radius 2 is 1.87 bits per heavy atom. The van der Waals surface area contributed by atoms with Crippen LogP contribution >= 0.6 is 0 Å². The van der Waals surface area contributed by atoms with E-state index in [-0.39, 0.29) is 24.4 Å². The van der Waals surface area contributed by atoms with E-state index >= 15 is 0 Å². The van der Waals surface area contributed by atoms with Crippen LogP contribution in [0.3, 0.4) is 0 Å². The number of hydrogen-bond acceptors (Lipinski definition) is 4. The van der Waals surface area contributed by atoms with Crippen molar-refractivity contribution < 1.29 is 13.9 Å². The van der Waals surface area contributed by atoms with Crippen molar-refractivity contribution in [2.45, 2.75) is 18.8 Å². The van der Waals surface area contributed by atoms with Gasteiger partial charge in [-0.15, -0.1) is 6.42 Å². The van der Waals surface area contributed by atoms with Crippen LogP contribution in [0.15, 0.2) is 48.8 Å². The summed E-state index contributed by atoms with van der Waals surface area (Å²) in [7, 11) is 0. The molecule has 30 heavy (non-hydrogen) atoms. The van der Waals surface area contributed by atoms with Crippen molar-refractivity contribution >= 4 is 6.09 Å². The molecule has 3 aromatic rings. The second-order valence-corrected chi connectivity index (χ2v) is 7.12. The van der Waals surface area contributed by atoms with Gasteiger partial charge >= 0.3 is 6.09 Å². The molecule has 152 valence electrons. The van der Waals surface area contributed by atoms with Crippen molar-refractivity contribution in [2.24, 2.45) is 0 Å². The van der Waals surface area contributed by atoms with E-state index in [9.17, 15) is 9.18 Å². The van der Waals surface area contributed by atoms with Crippen molar-refractivity contribution in [1.29, 1.82) is 0 Å². The third-order valence-corrected chi connectivity index (χ3v) is 5.32. The molecule has 0 saturated carbocycles. The summed E-state index contributed by atoms with van der Waals surface area (Å²) < 4.78 is 18.4. The highest BCUT2D eigenvalue weighted by Crippen LogP contribution is 2.39. The molecule has 0 bridgehead atoms. The number of ether oxygens (including phenoxy) is 1. The number of aromatic amines is 1. The van der Waals surface area contributed by atoms with Gasteiger partial charge in [-0.2, -0.15) is 5.10 Å². The van der Waals surface area contributed by atoms with Gasteiger partial charge in [0.15, 0.2) is 6.61 Å². The minimum Gasteiger partial charge on any atom is -0.436 e. The molecule has 1 N–H and O–H groups in total. The normalized spacial score (nSPS) is 14.3. The van der Waals surface area contributed by atoms with E-state index in [1.807, 2.05) is 12.1 Å². The summed E-state index contributed by atoms with van der Waals surface area (Å²) in [6.07, 6.45) is 9.80. The summed E-state index contributed by atoms with van der Waals surface area (Å²) >= 11 is 0. The summed E-state index contributed by atoms with van der Waals surface area (Å²) in [5.74, 6) is 2.22. The number of nitrogens with zero attached hydrogens (tertiary/aromatic N) is 3. The number of carbonyl (C=O) groups is 1. The molecule has 1 aliphatic rings. The van der Waals surface area contributed by atoms with Gasteiger partial charge in [0, 0.05) is 48.2 Å². The number of piperidine rings is 1. The fraction of sp³-hybridized carbons (Fsp3) is 0.261. The summed E-state index contributed by atoms with van der Waals surface area (Å²) in [5.41, 5.74) is 4.59. The fourth-order valence-electron chi connectivity index (χ4n) is 3.82. The number of aromatic nitrogens is 3. The summed E-state index contributed by atoms with van der Waals surface area (Å²) in [5, 5.41) is 7.78. The number of likely N-dealkylation sites (tertiary alicyclic amines) is 1. The first kappa shape index (κ1) is 19.6. The number of halogens is 1. The molecule has 1 saturated heterocycles. The van der Waals surface area contributed by atoms with Crippen molar-refractivity contribution in [3.05, 3.63) is 60.3 Å². The SMILES string of the molecule is C#CCOC(=O)N1CCC(c2[nH]nc(-c3ccc(F)cc3)c2-c2ccncc2)CC1. The van der Waals surface area contributed by atoms with Gasteiger partial charge < -0.3 is 9.64 Å². The minimum atomic E-state index is -0.377. The smallest absolute Gasteiger partial charge is 0.410 e. The highest BCUT2D eigenvalue weighted by Gasteiger charge is 2.29. The number of nitrogens with one attached hydrogen (secondary N) is 1. The van der Waals surface area contributed by atoms with Crippen molar-refractivity contribution in [1.82, 2.24) is 20.1 Å². The Balaban J connectivity index is 1.62. The predicted octanol–water partition coefficient (Wildman–Crippen LogP) is 4.23. The van der Waals surface area contributed by atoms with E-state index in [4.69, 9.17) is 11.2 Å². The maximum Gasteiger partial charge on any atom is 0.410 e. The third kappa shape index (κ3) is 4.03. The average molecular weight is 404 g/mol. The Bertz CT molecular complexity index is 1050. The van der Waals surface area contributed by atoms with E-state index in [1.165, 1.54) is 12.1 Å². The molecule has 7 heteroatoms. The van der Waals surface area contributed by atoms with Crippen LogP contribution in [-0.2, 0) is 4.74 Å². The molecule has 3 heterocycles. The van der Waals surface area contributed by atoms with Crippen LogP contribution in [0, 0.1) is 18.2 Å². The number of benzene rings is 1. The number of pyridine rings is 1. The second kappa shape index (κ2) is 8.78. The number of terminal acetylenes is 1. The van der Waals surface area contributed by atoms with Crippen molar-refractivity contribution in [3.8, 4) is 34.7 Å². The monoisotopic (exact) mass is 404 g/mol. The zero-order valence-electron chi connectivity index (χ0n) is 16.3. The molecule has 1 aromatic carbocycles. The minimum absolute atomic E-state index is 0.0213. The molecule has 0 atom stereocenters. The number of H-pyrrole nitrogens is 1. The van der Waals surface area contributed by atoms with Crippen LogP contribution in [-0.4, -0.2) is 45.9 Å². The first-order valence-electron chi connectivity index (χ1n) is 9.77. The number of rotatable bonds is 4. The van der Waals surface area contributed by atoms with Gasteiger partial charge in [0.2, 0.25) is 0 Å². The lowest BCUT2D eigenvalue weighted by atomic mass is 9.88. The fourth-order valence-corrected chi connectivity index (χ4v) is 3.82. The molecule has 1 fully saturated rings. The van der Waals surface area contributed by atoms with E-state index in [0.29, 0.717) is 13.1 Å². The quantitative estimate of drug-likeness (QED) is 0.661. The number of amides is 1. The molecular weight excluding hydrogens is 383 g/mol. The molecule has 0 unspecified atom stereocenters. The molecular formula is C23H21FN4O2. The summed E-state index contributed by atoms with van der Waals surface area (Å²) in [6.45, 7) is 1.13. The van der Waals surface area contributed by atoms with Gasteiger partial charge in [-0.3, -0.25) is 10.1 Å². The van der Waals surface area contributed by atoms with Crippen LogP contribution in [0.2, 0.25) is 0 Å².